The molecule has 1 fully saturated rings. The summed E-state index contributed by atoms with van der Waals surface area (Å²) in [5.74, 6) is 0.720. The highest BCUT2D eigenvalue weighted by Crippen LogP contribution is 2.38. The van der Waals surface area contributed by atoms with Crippen molar-refractivity contribution in [2.24, 2.45) is 5.92 Å². The van der Waals surface area contributed by atoms with Crippen LogP contribution in [0.25, 0.3) is 10.9 Å². The van der Waals surface area contributed by atoms with Crippen molar-refractivity contribution in [2.45, 2.75) is 19.4 Å². The van der Waals surface area contributed by atoms with Gasteiger partial charge in [0.2, 0.25) is 5.91 Å². The van der Waals surface area contributed by atoms with Gasteiger partial charge in [-0.25, -0.2) is 4.39 Å². The van der Waals surface area contributed by atoms with E-state index in [9.17, 15) is 14.4 Å². The van der Waals surface area contributed by atoms with E-state index in [4.69, 9.17) is 9.47 Å². The van der Waals surface area contributed by atoms with Crippen LogP contribution in [0.3, 0.4) is 0 Å². The molecule has 8 heteroatoms. The molecule has 1 aliphatic rings. The third-order valence-corrected chi connectivity index (χ3v) is 6.03. The van der Waals surface area contributed by atoms with Gasteiger partial charge in [-0.2, -0.15) is 5.26 Å². The molecule has 1 aromatic heterocycles. The summed E-state index contributed by atoms with van der Waals surface area (Å²) in [7, 11) is 3.14. The lowest BCUT2D eigenvalue weighted by molar-refractivity contribution is -0.125. The number of nitrogens with zero attached hydrogens (tertiary/aromatic N) is 3. The van der Waals surface area contributed by atoms with Crippen LogP contribution < -0.4 is 19.7 Å². The molecule has 0 unspecified atom stereocenters. The van der Waals surface area contributed by atoms with E-state index in [0.29, 0.717) is 55.1 Å². The highest BCUT2D eigenvalue weighted by atomic mass is 19.1. The lowest BCUT2D eigenvalue weighted by Gasteiger charge is -2.34. The first-order chi connectivity index (χ1) is 16.0. The van der Waals surface area contributed by atoms with E-state index in [-0.39, 0.29) is 17.6 Å². The number of fused-ring (bicyclic) bond motifs is 1. The molecule has 0 saturated carbocycles. The molecule has 0 atom stereocenters. The van der Waals surface area contributed by atoms with E-state index in [0.717, 1.165) is 16.6 Å². The van der Waals surface area contributed by atoms with Crippen LogP contribution in [-0.4, -0.2) is 38.2 Å². The molecule has 33 heavy (non-hydrogen) atoms. The first-order valence-electron chi connectivity index (χ1n) is 10.8. The van der Waals surface area contributed by atoms with Crippen molar-refractivity contribution in [2.75, 3.05) is 32.2 Å². The van der Waals surface area contributed by atoms with E-state index < -0.39 is 0 Å². The topological polar surface area (TPSA) is 87.5 Å². The van der Waals surface area contributed by atoms with Gasteiger partial charge in [0.05, 0.1) is 31.0 Å². The third-order valence-electron chi connectivity index (χ3n) is 6.03. The minimum atomic E-state index is -0.297. The second-order valence-electron chi connectivity index (χ2n) is 7.96. The van der Waals surface area contributed by atoms with Gasteiger partial charge in [-0.05, 0) is 36.6 Å². The molecule has 0 spiro atoms. The molecule has 170 valence electrons. The largest absolute Gasteiger partial charge is 0.493 e. The summed E-state index contributed by atoms with van der Waals surface area (Å²) in [6.07, 6.45) is 2.90. The zero-order valence-corrected chi connectivity index (χ0v) is 18.6. The second-order valence-corrected chi connectivity index (χ2v) is 7.96. The van der Waals surface area contributed by atoms with Crippen LogP contribution in [-0.2, 0) is 11.3 Å². The fourth-order valence-corrected chi connectivity index (χ4v) is 4.23. The SMILES string of the molecule is COc1cc2ncc(C#N)c(N3CCC(C(=O)NCc4ccc(F)cc4)CC3)c2cc1OC. The number of amides is 1. The van der Waals surface area contributed by atoms with Crippen molar-refractivity contribution in [3.8, 4) is 17.6 Å². The van der Waals surface area contributed by atoms with E-state index in [1.54, 1.807) is 38.6 Å². The quantitative estimate of drug-likeness (QED) is 0.617. The number of piperidine rings is 1. The minimum Gasteiger partial charge on any atom is -0.493 e. The van der Waals surface area contributed by atoms with Crippen LogP contribution in [0, 0.1) is 23.1 Å². The fraction of sp³-hybridized carbons (Fsp3) is 0.320. The third kappa shape index (κ3) is 4.67. The van der Waals surface area contributed by atoms with Crippen molar-refractivity contribution in [1.29, 1.82) is 5.26 Å². The lowest BCUT2D eigenvalue weighted by Crippen LogP contribution is -2.40. The van der Waals surface area contributed by atoms with Gasteiger partial charge >= 0.3 is 0 Å². The first-order valence-corrected chi connectivity index (χ1v) is 10.8. The number of nitrogens with one attached hydrogen (secondary N) is 1. The Hall–Kier alpha value is -3.86. The average molecular weight is 448 g/mol. The number of anilines is 1. The number of pyridine rings is 1. The maximum absolute atomic E-state index is 13.1. The highest BCUT2D eigenvalue weighted by molar-refractivity contribution is 5.96. The Kier molecular flexibility index (Phi) is 6.59. The van der Waals surface area contributed by atoms with Gasteiger partial charge in [0, 0.05) is 43.2 Å². The number of ether oxygens (including phenoxy) is 2. The number of hydrogen-bond acceptors (Lipinski definition) is 6. The van der Waals surface area contributed by atoms with Crippen LogP contribution in [0.15, 0.2) is 42.6 Å². The normalized spacial score (nSPS) is 14.1. The molecule has 0 radical (unpaired) electrons. The number of rotatable bonds is 6. The lowest BCUT2D eigenvalue weighted by atomic mass is 9.94. The maximum atomic E-state index is 13.1. The Morgan fingerprint density at radius 1 is 1.18 bits per heavy atom. The summed E-state index contributed by atoms with van der Waals surface area (Å²) in [5, 5.41) is 13.5. The molecule has 7 nitrogen and oxygen atoms in total. The molecule has 1 N–H and O–H groups in total. The number of carbonyl (C=O) groups excluding carboxylic acids is 1. The molecule has 1 amide bonds. The molecule has 0 aliphatic carbocycles. The van der Waals surface area contributed by atoms with Crippen molar-refractivity contribution in [1.82, 2.24) is 10.3 Å². The average Bonchev–Trinajstić information content (AvgIpc) is 2.86. The minimum absolute atomic E-state index is 0.00882. The molecule has 4 rings (SSSR count). The standard InChI is InChI=1S/C25H25FN4O3/c1-32-22-11-20-21(12-23(22)33-2)28-15-18(13-27)24(20)30-9-7-17(8-10-30)25(31)29-14-16-3-5-19(26)6-4-16/h3-6,11-12,15,17H,7-10,14H2,1-2H3,(H,29,31). The van der Waals surface area contributed by atoms with Crippen LogP contribution in [0.2, 0.25) is 0 Å². The Morgan fingerprint density at radius 2 is 1.85 bits per heavy atom. The molecular weight excluding hydrogens is 423 g/mol. The zero-order valence-electron chi connectivity index (χ0n) is 18.6. The fourth-order valence-electron chi connectivity index (χ4n) is 4.23. The Morgan fingerprint density at radius 3 is 2.48 bits per heavy atom. The summed E-state index contributed by atoms with van der Waals surface area (Å²) >= 11 is 0. The number of nitriles is 1. The molecule has 1 aliphatic heterocycles. The van der Waals surface area contributed by atoms with E-state index >= 15 is 0 Å². The number of halogens is 1. The Bertz CT molecular complexity index is 1200. The summed E-state index contributed by atoms with van der Waals surface area (Å²) < 4.78 is 23.9. The Labute approximate surface area is 191 Å². The van der Waals surface area contributed by atoms with E-state index in [2.05, 4.69) is 21.3 Å². The van der Waals surface area contributed by atoms with Crippen molar-refractivity contribution >= 4 is 22.5 Å². The van der Waals surface area contributed by atoms with Gasteiger partial charge in [-0.1, -0.05) is 12.1 Å². The van der Waals surface area contributed by atoms with Crippen molar-refractivity contribution in [3.05, 3.63) is 59.5 Å². The monoisotopic (exact) mass is 448 g/mol. The van der Waals surface area contributed by atoms with Gasteiger partial charge < -0.3 is 19.7 Å². The molecule has 2 aromatic carbocycles. The number of benzene rings is 2. The van der Waals surface area contributed by atoms with E-state index in [1.807, 2.05) is 6.07 Å². The van der Waals surface area contributed by atoms with Crippen molar-refractivity contribution < 1.29 is 18.7 Å². The first kappa shape index (κ1) is 22.3. The predicted octanol–water partition coefficient (Wildman–Crippen LogP) is 3.80. The summed E-state index contributed by atoms with van der Waals surface area (Å²) in [4.78, 5) is 19.2. The van der Waals surface area contributed by atoms with Crippen LogP contribution in [0.5, 0.6) is 11.5 Å². The van der Waals surface area contributed by atoms with Gasteiger partial charge in [0.25, 0.3) is 0 Å². The molecule has 3 aromatic rings. The predicted molar refractivity (Wildman–Crippen MR) is 123 cm³/mol. The second kappa shape index (κ2) is 9.74. The molecule has 0 bridgehead atoms. The van der Waals surface area contributed by atoms with Gasteiger partial charge in [-0.3, -0.25) is 9.78 Å². The van der Waals surface area contributed by atoms with Gasteiger partial charge in [0.15, 0.2) is 11.5 Å². The number of methoxy groups -OCH3 is 2. The molecule has 1 saturated heterocycles. The number of carbonyl (C=O) groups is 1. The van der Waals surface area contributed by atoms with Crippen molar-refractivity contribution in [3.63, 3.8) is 0 Å². The van der Waals surface area contributed by atoms with Crippen LogP contribution in [0.1, 0.15) is 24.0 Å². The molecular formula is C25H25FN4O3. The summed E-state index contributed by atoms with van der Waals surface area (Å²) in [5.41, 5.74) is 2.84. The summed E-state index contributed by atoms with van der Waals surface area (Å²) in [6.45, 7) is 1.64. The van der Waals surface area contributed by atoms with E-state index in [1.165, 1.54) is 12.1 Å². The maximum Gasteiger partial charge on any atom is 0.223 e. The molecule has 2 heterocycles. The van der Waals surface area contributed by atoms with Crippen LogP contribution in [0.4, 0.5) is 10.1 Å². The number of hydrogen-bond donors (Lipinski definition) is 1. The van der Waals surface area contributed by atoms with Crippen LogP contribution >= 0.6 is 0 Å². The number of aromatic nitrogens is 1. The smallest absolute Gasteiger partial charge is 0.223 e. The summed E-state index contributed by atoms with van der Waals surface area (Å²) in [6, 6.07) is 12.0. The zero-order chi connectivity index (χ0) is 23.4. The highest BCUT2D eigenvalue weighted by Gasteiger charge is 2.27. The van der Waals surface area contributed by atoms with Gasteiger partial charge in [0.1, 0.15) is 11.9 Å². The van der Waals surface area contributed by atoms with Gasteiger partial charge in [-0.15, -0.1) is 0 Å². The Balaban J connectivity index is 1.49.